The Morgan fingerprint density at radius 1 is 1.16 bits per heavy atom. The van der Waals surface area contributed by atoms with Gasteiger partial charge in [0.25, 0.3) is 0 Å². The van der Waals surface area contributed by atoms with E-state index < -0.39 is 11.8 Å². The number of methoxy groups -OCH3 is 2. The third-order valence-electron chi connectivity index (χ3n) is 3.98. The number of rotatable bonds is 10. The zero-order valence-corrected chi connectivity index (χ0v) is 19.1. The van der Waals surface area contributed by atoms with Crippen molar-refractivity contribution in [1.82, 2.24) is 0 Å². The van der Waals surface area contributed by atoms with Crippen LogP contribution in [0.4, 0.5) is 11.4 Å². The first-order chi connectivity index (χ1) is 14.9. The average molecular weight is 485 g/mol. The normalized spacial score (nSPS) is 11.6. The minimum absolute atomic E-state index is 0.210. The predicted octanol–water partition coefficient (Wildman–Crippen LogP) is 5.50. The van der Waals surface area contributed by atoms with Gasteiger partial charge in [0.2, 0.25) is 5.91 Å². The molecule has 0 spiro atoms. The number of nitrogens with zero attached hydrogens (tertiary/aromatic N) is 2. The van der Waals surface area contributed by atoms with E-state index in [0.717, 1.165) is 0 Å². The van der Waals surface area contributed by atoms with Crippen molar-refractivity contribution in [2.75, 3.05) is 32.0 Å². The lowest BCUT2D eigenvalue weighted by Crippen LogP contribution is -2.22. The summed E-state index contributed by atoms with van der Waals surface area (Å²) in [6.07, 6.45) is 1.91. The van der Waals surface area contributed by atoms with Crippen LogP contribution in [0.3, 0.4) is 0 Å². The number of ether oxygens (including phenoxy) is 3. The van der Waals surface area contributed by atoms with Gasteiger partial charge in [0.1, 0.15) is 5.75 Å². The van der Waals surface area contributed by atoms with E-state index in [0.29, 0.717) is 46.9 Å². The van der Waals surface area contributed by atoms with Crippen LogP contribution in [0.1, 0.15) is 6.42 Å². The van der Waals surface area contributed by atoms with E-state index in [9.17, 15) is 10.1 Å². The highest BCUT2D eigenvalue weighted by molar-refractivity contribution is 6.37. The number of hydrogen-bond acceptors (Lipinski definition) is 6. The Bertz CT molecular complexity index is 993. The quantitative estimate of drug-likeness (QED) is 0.273. The summed E-state index contributed by atoms with van der Waals surface area (Å²) < 4.78 is 16.0. The molecule has 31 heavy (non-hydrogen) atoms. The second-order valence-electron chi connectivity index (χ2n) is 6.07. The number of anilines is 1. The zero-order chi connectivity index (χ0) is 22.8. The molecule has 0 saturated heterocycles. The topological polar surface area (TPSA) is 92.9 Å². The van der Waals surface area contributed by atoms with Crippen LogP contribution in [0.25, 0.3) is 0 Å². The molecule has 0 aromatic heterocycles. The van der Waals surface area contributed by atoms with Crippen LogP contribution >= 0.6 is 34.8 Å². The first-order valence-electron chi connectivity index (χ1n) is 9.08. The molecule has 0 aliphatic rings. The third kappa shape index (κ3) is 6.93. The lowest BCUT2D eigenvalue weighted by atomic mass is 10.1. The van der Waals surface area contributed by atoms with Crippen molar-refractivity contribution < 1.29 is 19.0 Å². The number of carbonyl (C=O) groups is 1. The van der Waals surface area contributed by atoms with Gasteiger partial charge in [0, 0.05) is 24.2 Å². The molecule has 0 fully saturated rings. The van der Waals surface area contributed by atoms with E-state index in [2.05, 4.69) is 10.3 Å². The molecule has 2 aromatic rings. The molecule has 2 aromatic carbocycles. The molecule has 10 heteroatoms. The summed E-state index contributed by atoms with van der Waals surface area (Å²) in [7, 11) is 2.97. The maximum atomic E-state index is 12.5. The number of aliphatic imine (C=N–C) groups is 1. The Balaban J connectivity index is 2.16. The molecule has 0 saturated carbocycles. The van der Waals surface area contributed by atoms with E-state index in [1.807, 2.05) is 6.07 Å². The molecule has 1 unspecified atom stereocenters. The Kier molecular flexibility index (Phi) is 9.73. The fraction of sp³-hybridized carbons (Fsp3) is 0.286. The van der Waals surface area contributed by atoms with Gasteiger partial charge in [-0.15, -0.1) is 11.6 Å². The number of alkyl halides is 1. The number of nitrogens with one attached hydrogen (secondary N) is 1. The molecule has 2 rings (SSSR count). The van der Waals surface area contributed by atoms with Gasteiger partial charge in [-0.05, 0) is 24.6 Å². The van der Waals surface area contributed by atoms with Crippen LogP contribution in [0.2, 0.25) is 10.0 Å². The van der Waals surface area contributed by atoms with Crippen molar-refractivity contribution in [3.63, 3.8) is 0 Å². The number of carbonyl (C=O) groups excluding carboxylic acids is 1. The molecular weight excluding hydrogens is 465 g/mol. The zero-order valence-electron chi connectivity index (χ0n) is 16.8. The van der Waals surface area contributed by atoms with E-state index >= 15 is 0 Å². The van der Waals surface area contributed by atoms with Crippen molar-refractivity contribution in [2.24, 2.45) is 10.9 Å². The molecule has 1 amide bonds. The molecule has 1 N–H and O–H groups in total. The van der Waals surface area contributed by atoms with E-state index in [4.69, 9.17) is 49.0 Å². The Morgan fingerprint density at radius 3 is 2.55 bits per heavy atom. The highest BCUT2D eigenvalue weighted by Crippen LogP contribution is 2.34. The van der Waals surface area contributed by atoms with Gasteiger partial charge in [-0.3, -0.25) is 9.79 Å². The molecule has 0 heterocycles. The first-order valence-corrected chi connectivity index (χ1v) is 10.4. The van der Waals surface area contributed by atoms with Crippen LogP contribution in [0, 0.1) is 17.2 Å². The molecule has 0 radical (unpaired) electrons. The Morgan fingerprint density at radius 2 is 1.90 bits per heavy atom. The van der Waals surface area contributed by atoms with Gasteiger partial charge in [0.05, 0.1) is 48.3 Å². The second kappa shape index (κ2) is 12.3. The Hall–Kier alpha value is -2.66. The van der Waals surface area contributed by atoms with Crippen LogP contribution in [0.15, 0.2) is 35.3 Å². The fourth-order valence-corrected chi connectivity index (χ4v) is 3.02. The Labute approximate surface area is 195 Å². The summed E-state index contributed by atoms with van der Waals surface area (Å²) in [4.78, 5) is 16.8. The van der Waals surface area contributed by atoms with Crippen molar-refractivity contribution in [3.8, 4) is 23.3 Å². The van der Waals surface area contributed by atoms with Crippen LogP contribution in [-0.4, -0.2) is 38.8 Å². The standard InChI is InChI=1S/C21H20Cl3N3O4/c1-29-18-5-4-14(8-20(18)31-7-3-6-22)26-12-13(11-25)21(28)27-17-10-19(30-2)16(24)9-15(17)23/h4-5,8-10,12-13H,3,6-7H2,1-2H3,(H,27,28). The minimum atomic E-state index is -1.17. The summed E-state index contributed by atoms with van der Waals surface area (Å²) in [5, 5.41) is 12.5. The van der Waals surface area contributed by atoms with Crippen molar-refractivity contribution in [2.45, 2.75) is 6.42 Å². The number of nitriles is 1. The van der Waals surface area contributed by atoms with E-state index in [1.165, 1.54) is 32.6 Å². The molecule has 1 atom stereocenters. The predicted molar refractivity (Wildman–Crippen MR) is 123 cm³/mol. The average Bonchev–Trinajstić information content (AvgIpc) is 2.76. The monoisotopic (exact) mass is 483 g/mol. The molecule has 164 valence electrons. The third-order valence-corrected chi connectivity index (χ3v) is 4.85. The van der Waals surface area contributed by atoms with Gasteiger partial charge in [-0.25, -0.2) is 0 Å². The highest BCUT2D eigenvalue weighted by atomic mass is 35.5. The molecular formula is C21H20Cl3N3O4. The van der Waals surface area contributed by atoms with Crippen LogP contribution < -0.4 is 19.5 Å². The lowest BCUT2D eigenvalue weighted by molar-refractivity contribution is -0.116. The number of halogens is 3. The van der Waals surface area contributed by atoms with Crippen LogP contribution in [-0.2, 0) is 4.79 Å². The largest absolute Gasteiger partial charge is 0.495 e. The summed E-state index contributed by atoms with van der Waals surface area (Å²) in [5.41, 5.74) is 0.752. The first kappa shape index (κ1) is 24.6. The van der Waals surface area contributed by atoms with Gasteiger partial charge in [0.15, 0.2) is 17.4 Å². The second-order valence-corrected chi connectivity index (χ2v) is 7.26. The summed E-state index contributed by atoms with van der Waals surface area (Å²) in [6, 6.07) is 9.83. The molecule has 7 nitrogen and oxygen atoms in total. The van der Waals surface area contributed by atoms with Crippen molar-refractivity contribution in [3.05, 3.63) is 40.4 Å². The van der Waals surface area contributed by atoms with E-state index in [-0.39, 0.29) is 10.7 Å². The van der Waals surface area contributed by atoms with Crippen molar-refractivity contribution >= 4 is 58.3 Å². The minimum Gasteiger partial charge on any atom is -0.495 e. The van der Waals surface area contributed by atoms with Crippen molar-refractivity contribution in [1.29, 1.82) is 5.26 Å². The van der Waals surface area contributed by atoms with E-state index in [1.54, 1.807) is 18.2 Å². The fourth-order valence-electron chi connectivity index (χ4n) is 2.41. The maximum absolute atomic E-state index is 12.5. The van der Waals surface area contributed by atoms with Gasteiger partial charge < -0.3 is 19.5 Å². The van der Waals surface area contributed by atoms with Gasteiger partial charge in [-0.1, -0.05) is 23.2 Å². The smallest absolute Gasteiger partial charge is 0.247 e. The summed E-state index contributed by atoms with van der Waals surface area (Å²) in [5.74, 6) is 0.0612. The van der Waals surface area contributed by atoms with Gasteiger partial charge >= 0.3 is 0 Å². The summed E-state index contributed by atoms with van der Waals surface area (Å²) in [6.45, 7) is 0.418. The SMILES string of the molecule is COc1cc(NC(=O)C(C#N)C=Nc2ccc(OC)c(OCCCCl)c2)c(Cl)cc1Cl. The maximum Gasteiger partial charge on any atom is 0.247 e. The number of amides is 1. The lowest BCUT2D eigenvalue weighted by Gasteiger charge is -2.12. The molecule has 0 aliphatic carbocycles. The number of hydrogen-bond donors (Lipinski definition) is 1. The highest BCUT2D eigenvalue weighted by Gasteiger charge is 2.18. The van der Waals surface area contributed by atoms with Crippen LogP contribution in [0.5, 0.6) is 17.2 Å². The summed E-state index contributed by atoms with van der Waals surface area (Å²) >= 11 is 17.8. The van der Waals surface area contributed by atoms with Gasteiger partial charge in [-0.2, -0.15) is 5.26 Å². The molecule has 0 aliphatic heterocycles. The molecule has 0 bridgehead atoms. The number of benzene rings is 2.